The lowest BCUT2D eigenvalue weighted by Crippen LogP contribution is -2.14. The number of aliphatic hydroxyl groups is 1. The molecule has 2 rings (SSSR count). The number of aliphatic hydroxyl groups excluding tert-OH is 1. The van der Waals surface area contributed by atoms with Crippen molar-refractivity contribution in [1.82, 2.24) is 0 Å². The molecular weight excluding hydrogens is 579 g/mol. The molecule has 1 unspecified atom stereocenters. The van der Waals surface area contributed by atoms with E-state index in [1.54, 1.807) is 6.92 Å². The average molecular weight is 613 g/mol. The third kappa shape index (κ3) is 12.1. The Bertz CT molecular complexity index is 1200. The van der Waals surface area contributed by atoms with E-state index in [2.05, 4.69) is 0 Å². The molecule has 230 valence electrons. The summed E-state index contributed by atoms with van der Waals surface area (Å²) in [6.07, 6.45) is -0.542. The van der Waals surface area contributed by atoms with Crippen LogP contribution < -0.4 is 0 Å². The van der Waals surface area contributed by atoms with Crippen LogP contribution in [0, 0.1) is 0 Å². The van der Waals surface area contributed by atoms with Crippen LogP contribution in [-0.4, -0.2) is 95.5 Å². The molecule has 0 aliphatic carbocycles. The molecule has 0 radical (unpaired) electrons. The van der Waals surface area contributed by atoms with Crippen LogP contribution in [0.4, 0.5) is 0 Å². The van der Waals surface area contributed by atoms with Gasteiger partial charge in [0.1, 0.15) is 19.8 Å². The van der Waals surface area contributed by atoms with E-state index in [4.69, 9.17) is 42.6 Å². The summed E-state index contributed by atoms with van der Waals surface area (Å²) in [6, 6.07) is 11.1. The number of ether oxygens (including phenoxy) is 6. The molecule has 2 aromatic rings. The first-order valence-electron chi connectivity index (χ1n) is 12.7. The molecule has 0 aromatic heterocycles. The topological polar surface area (TPSA) is 179 Å². The summed E-state index contributed by atoms with van der Waals surface area (Å²) in [5.74, 6) is -2.67. The molecule has 15 heteroatoms. The Labute approximate surface area is 242 Å². The first-order valence-corrected chi connectivity index (χ1v) is 14.4. The smallest absolute Gasteiger partial charge is 0.356 e. The van der Waals surface area contributed by atoms with Gasteiger partial charge in [0.15, 0.2) is 13.1 Å². The lowest BCUT2D eigenvalue weighted by atomic mass is 10.1. The summed E-state index contributed by atoms with van der Waals surface area (Å²) >= 11 is 0. The molecule has 1 N–H and O–H groups in total. The number of benzene rings is 2. The van der Waals surface area contributed by atoms with Gasteiger partial charge >= 0.3 is 31.5 Å². The van der Waals surface area contributed by atoms with Crippen molar-refractivity contribution in [2.75, 3.05) is 66.5 Å². The number of carbonyl (C=O) groups excluding carboxylic acids is 4. The molecule has 0 saturated carbocycles. The van der Waals surface area contributed by atoms with Crippen molar-refractivity contribution in [3.8, 4) is 0 Å². The Hall–Kier alpha value is -3.65. The van der Waals surface area contributed by atoms with Crippen LogP contribution in [0.25, 0.3) is 0 Å². The zero-order valence-electron chi connectivity index (χ0n) is 23.2. The predicted octanol–water partition coefficient (Wildman–Crippen LogP) is 2.83. The second-order valence-corrected chi connectivity index (χ2v) is 10.0. The van der Waals surface area contributed by atoms with Crippen LogP contribution in [0.15, 0.2) is 48.5 Å². The quantitative estimate of drug-likeness (QED) is 0.0804. The minimum Gasteiger partial charge on any atom is -0.460 e. The molecule has 0 heterocycles. The molecule has 1 atom stereocenters. The van der Waals surface area contributed by atoms with Gasteiger partial charge in [-0.15, -0.1) is 0 Å². The van der Waals surface area contributed by atoms with Gasteiger partial charge in [0.05, 0.1) is 48.7 Å². The lowest BCUT2D eigenvalue weighted by molar-refractivity contribution is -0.0239. The van der Waals surface area contributed by atoms with Crippen molar-refractivity contribution in [2.45, 2.75) is 6.92 Å². The van der Waals surface area contributed by atoms with Crippen LogP contribution >= 0.6 is 7.60 Å². The van der Waals surface area contributed by atoms with E-state index in [9.17, 15) is 23.7 Å². The van der Waals surface area contributed by atoms with Crippen molar-refractivity contribution in [3.05, 3.63) is 70.8 Å². The third-order valence-corrected chi connectivity index (χ3v) is 6.74. The first kappa shape index (κ1) is 34.6. The van der Waals surface area contributed by atoms with Gasteiger partial charge < -0.3 is 42.6 Å². The standard InChI is InChI=1S/C27H33O14P/c1-3-40-42(33,19-35-18-39-27(32)23-10-8-20(9-11-23)24(29)36-13-12-28)41-17-16-38-26(31)22-6-4-21(5-7-22)25(30)37-15-14-34-2/h4-11,28H,3,12-19H2,1-2H3. The molecule has 2 aromatic carbocycles. The van der Waals surface area contributed by atoms with Crippen LogP contribution in [0.2, 0.25) is 0 Å². The van der Waals surface area contributed by atoms with Gasteiger partial charge in [0.25, 0.3) is 0 Å². The lowest BCUT2D eigenvalue weighted by Gasteiger charge is -2.18. The first-order chi connectivity index (χ1) is 20.2. The zero-order chi connectivity index (χ0) is 30.8. The molecule has 42 heavy (non-hydrogen) atoms. The number of esters is 4. The Morgan fingerprint density at radius 3 is 1.50 bits per heavy atom. The highest BCUT2D eigenvalue weighted by Crippen LogP contribution is 2.47. The van der Waals surface area contributed by atoms with Crippen molar-refractivity contribution in [3.63, 3.8) is 0 Å². The predicted molar refractivity (Wildman–Crippen MR) is 144 cm³/mol. The minimum absolute atomic E-state index is 0.0353. The average Bonchev–Trinajstić information content (AvgIpc) is 3.00. The molecule has 0 aliphatic rings. The maximum Gasteiger partial charge on any atom is 0.356 e. The number of rotatable bonds is 19. The van der Waals surface area contributed by atoms with E-state index in [1.807, 2.05) is 0 Å². The van der Waals surface area contributed by atoms with Gasteiger partial charge in [0.2, 0.25) is 0 Å². The van der Waals surface area contributed by atoms with Gasteiger partial charge in [-0.05, 0) is 55.5 Å². The van der Waals surface area contributed by atoms with Crippen LogP contribution in [0.1, 0.15) is 48.4 Å². The maximum atomic E-state index is 12.9. The van der Waals surface area contributed by atoms with Gasteiger partial charge in [-0.25, -0.2) is 19.2 Å². The molecular formula is C27H33O14P. The second kappa shape index (κ2) is 18.7. The van der Waals surface area contributed by atoms with E-state index in [0.717, 1.165) is 0 Å². The fourth-order valence-electron chi connectivity index (χ4n) is 3.04. The number of hydrogen-bond acceptors (Lipinski definition) is 14. The van der Waals surface area contributed by atoms with Crippen LogP contribution in [0.3, 0.4) is 0 Å². The van der Waals surface area contributed by atoms with Crippen LogP contribution in [0.5, 0.6) is 0 Å². The highest BCUT2D eigenvalue weighted by atomic mass is 31.2. The largest absolute Gasteiger partial charge is 0.460 e. The summed E-state index contributed by atoms with van der Waals surface area (Å²) in [5.41, 5.74) is 0.743. The number of carbonyl (C=O) groups is 4. The zero-order valence-corrected chi connectivity index (χ0v) is 24.1. The molecule has 0 bridgehead atoms. The highest BCUT2D eigenvalue weighted by Gasteiger charge is 2.25. The normalized spacial score (nSPS) is 12.2. The Morgan fingerprint density at radius 1 is 0.643 bits per heavy atom. The number of hydrogen-bond donors (Lipinski definition) is 1. The fourth-order valence-corrected chi connectivity index (χ4v) is 4.31. The second-order valence-electron chi connectivity index (χ2n) is 8.02. The Morgan fingerprint density at radius 2 is 1.07 bits per heavy atom. The van der Waals surface area contributed by atoms with Gasteiger partial charge in [-0.3, -0.25) is 4.57 Å². The monoisotopic (exact) mass is 612 g/mol. The summed E-state index contributed by atoms with van der Waals surface area (Å²) in [5, 5.41) is 8.70. The van der Waals surface area contributed by atoms with Crippen molar-refractivity contribution in [1.29, 1.82) is 0 Å². The van der Waals surface area contributed by atoms with E-state index >= 15 is 0 Å². The highest BCUT2D eigenvalue weighted by molar-refractivity contribution is 7.53. The van der Waals surface area contributed by atoms with Gasteiger partial charge in [-0.1, -0.05) is 0 Å². The van der Waals surface area contributed by atoms with Crippen molar-refractivity contribution >= 4 is 31.5 Å². The van der Waals surface area contributed by atoms with E-state index in [1.165, 1.54) is 55.6 Å². The summed E-state index contributed by atoms with van der Waals surface area (Å²) in [4.78, 5) is 48.1. The molecule has 0 saturated heterocycles. The Kier molecular flexibility index (Phi) is 15.4. The van der Waals surface area contributed by atoms with E-state index in [0.29, 0.717) is 0 Å². The van der Waals surface area contributed by atoms with Crippen molar-refractivity contribution < 1.29 is 66.3 Å². The summed E-state index contributed by atoms with van der Waals surface area (Å²) in [7, 11) is -2.29. The maximum absolute atomic E-state index is 12.9. The van der Waals surface area contributed by atoms with E-state index in [-0.39, 0.29) is 68.5 Å². The Balaban J connectivity index is 1.73. The van der Waals surface area contributed by atoms with Crippen molar-refractivity contribution in [2.24, 2.45) is 0 Å². The fraction of sp³-hybridized carbons (Fsp3) is 0.407. The van der Waals surface area contributed by atoms with Crippen LogP contribution in [-0.2, 0) is 42.0 Å². The summed E-state index contributed by atoms with van der Waals surface area (Å²) in [6.45, 7) is 0.444. The molecule has 0 fully saturated rings. The van der Waals surface area contributed by atoms with E-state index < -0.39 is 44.6 Å². The SMILES string of the molecule is CCOP(=O)(COCOC(=O)c1ccc(C(=O)OCCO)cc1)OCCOC(=O)c1ccc(C(=O)OCCOC)cc1. The third-order valence-electron chi connectivity index (χ3n) is 5.01. The molecule has 0 aliphatic heterocycles. The minimum atomic E-state index is -3.77. The van der Waals surface area contributed by atoms with Gasteiger partial charge in [-0.2, -0.15) is 0 Å². The van der Waals surface area contributed by atoms with Gasteiger partial charge in [0, 0.05) is 7.11 Å². The number of methoxy groups -OCH3 is 1. The summed E-state index contributed by atoms with van der Waals surface area (Å²) < 4.78 is 53.1. The molecule has 14 nitrogen and oxygen atoms in total. The molecule has 0 spiro atoms. The molecule has 0 amide bonds.